The van der Waals surface area contributed by atoms with Crippen LogP contribution in [0.3, 0.4) is 0 Å². The molecule has 4 aromatic carbocycles. The molecule has 2 heterocycles. The van der Waals surface area contributed by atoms with Crippen molar-refractivity contribution in [2.75, 3.05) is 0 Å². The molecule has 0 unspecified atom stereocenters. The molecule has 47 heavy (non-hydrogen) atoms. The summed E-state index contributed by atoms with van der Waals surface area (Å²) in [5.41, 5.74) is 6.24. The van der Waals surface area contributed by atoms with Gasteiger partial charge in [0.25, 0.3) is 0 Å². The molecule has 0 spiro atoms. The van der Waals surface area contributed by atoms with Crippen LogP contribution in [0.1, 0.15) is 79.7 Å². The Bertz CT molecular complexity index is 1890. The van der Waals surface area contributed by atoms with Crippen LogP contribution in [0.25, 0.3) is 43.9 Å². The van der Waals surface area contributed by atoms with Gasteiger partial charge in [0.05, 0.1) is 5.76 Å². The molecule has 1 radical (unpaired) electrons. The second kappa shape index (κ2) is 15.9. The van der Waals surface area contributed by atoms with Crippen LogP contribution in [0, 0.1) is 17.9 Å². The number of ketones is 1. The molecule has 6 rings (SSSR count). The SMILES string of the molecule is CC(C)(C)c1cc(-c2nccc3c2[Se]c2cccc4cccc-3c24)[c-]c2ccccc12.CCC(CC)C(=O)/C=C(\O)C(CC)CC.[Ir]. The zero-order valence-electron chi connectivity index (χ0n) is 28.6. The van der Waals surface area contributed by atoms with Gasteiger partial charge in [-0.3, -0.25) is 4.79 Å². The van der Waals surface area contributed by atoms with Crippen molar-refractivity contribution in [3.63, 3.8) is 0 Å². The van der Waals surface area contributed by atoms with Crippen molar-refractivity contribution in [2.24, 2.45) is 11.8 Å². The largest absolute Gasteiger partial charge is 0.512 e. The number of aliphatic hydroxyl groups excluding tert-OH is 1. The molecule has 0 bridgehead atoms. The molecule has 5 aromatic rings. The summed E-state index contributed by atoms with van der Waals surface area (Å²) in [7, 11) is 0. The molecule has 1 N–H and O–H groups in total. The molecule has 0 amide bonds. The summed E-state index contributed by atoms with van der Waals surface area (Å²) in [6, 6.07) is 30.2. The van der Waals surface area contributed by atoms with Crippen LogP contribution in [0.15, 0.2) is 90.8 Å². The first kappa shape index (κ1) is 36.8. The first-order valence-corrected chi connectivity index (χ1v) is 18.4. The van der Waals surface area contributed by atoms with Crippen LogP contribution >= 0.6 is 0 Å². The van der Waals surface area contributed by atoms with E-state index in [0.717, 1.165) is 42.3 Å². The topological polar surface area (TPSA) is 50.2 Å². The normalized spacial score (nSPS) is 12.5. The predicted molar refractivity (Wildman–Crippen MR) is 197 cm³/mol. The zero-order chi connectivity index (χ0) is 33.0. The van der Waals surface area contributed by atoms with E-state index in [1.807, 2.05) is 33.9 Å². The van der Waals surface area contributed by atoms with E-state index in [9.17, 15) is 9.90 Å². The van der Waals surface area contributed by atoms with Crippen molar-refractivity contribution in [3.05, 3.63) is 102 Å². The summed E-state index contributed by atoms with van der Waals surface area (Å²) in [6.45, 7) is 14.9. The summed E-state index contributed by atoms with van der Waals surface area (Å²) >= 11 is 0.203. The summed E-state index contributed by atoms with van der Waals surface area (Å²) in [6.07, 6.45) is 6.88. The number of benzene rings is 4. The van der Waals surface area contributed by atoms with E-state index in [1.54, 1.807) is 0 Å². The Morgan fingerprint density at radius 2 is 1.53 bits per heavy atom. The zero-order valence-corrected chi connectivity index (χ0v) is 32.7. The van der Waals surface area contributed by atoms with Gasteiger partial charge in [-0.2, -0.15) is 0 Å². The Labute approximate surface area is 300 Å². The van der Waals surface area contributed by atoms with E-state index in [0.29, 0.717) is 0 Å². The van der Waals surface area contributed by atoms with Gasteiger partial charge < -0.3 is 5.11 Å². The van der Waals surface area contributed by atoms with E-state index in [1.165, 1.54) is 47.8 Å². The third-order valence-electron chi connectivity index (χ3n) is 9.19. The maximum Gasteiger partial charge on any atom is 0.162 e. The van der Waals surface area contributed by atoms with E-state index >= 15 is 0 Å². The van der Waals surface area contributed by atoms with Crippen molar-refractivity contribution < 1.29 is 30.0 Å². The first-order valence-electron chi connectivity index (χ1n) is 16.7. The van der Waals surface area contributed by atoms with E-state index in [-0.39, 0.29) is 63.9 Å². The number of carbonyl (C=O) groups is 1. The first-order chi connectivity index (χ1) is 22.1. The standard InChI is InChI=1S/C29H22NSe.C13H24O2.Ir/c1-29(2,3)24-17-20(16-19-8-4-5-11-21(19)24)27-28-23(14-15-30-27)22-12-6-9-18-10-7-13-25(31-28)26(18)22;1-5-10(6-2)12(14)9-13(15)11(7-3)8-4;/h4-15,17H,1-3H3;9-11,14H,5-8H2,1-4H3;/q-1;;/b;12-9-;. The average Bonchev–Trinajstić information content (AvgIpc) is 3.05. The molecule has 1 aliphatic heterocycles. The maximum atomic E-state index is 11.7. The van der Waals surface area contributed by atoms with Crippen LogP contribution in [0.5, 0.6) is 0 Å². The number of pyridine rings is 1. The molecule has 1 aromatic heterocycles. The van der Waals surface area contributed by atoms with Gasteiger partial charge in [-0.1, -0.05) is 27.7 Å². The number of hydrogen-bond acceptors (Lipinski definition) is 3. The van der Waals surface area contributed by atoms with Gasteiger partial charge in [0, 0.05) is 38.0 Å². The van der Waals surface area contributed by atoms with E-state index in [4.69, 9.17) is 4.98 Å². The number of fused-ring (bicyclic) bond motifs is 3. The number of nitrogens with zero attached hydrogens (tertiary/aromatic N) is 1. The van der Waals surface area contributed by atoms with Gasteiger partial charge in [0.15, 0.2) is 5.78 Å². The Morgan fingerprint density at radius 3 is 2.19 bits per heavy atom. The average molecular weight is 868 g/mol. The molecule has 1 aliphatic rings. The minimum absolute atomic E-state index is 0. The third-order valence-corrected chi connectivity index (χ3v) is 11.7. The van der Waals surface area contributed by atoms with Crippen LogP contribution in [0.2, 0.25) is 0 Å². The van der Waals surface area contributed by atoms with Gasteiger partial charge in [0.2, 0.25) is 0 Å². The molecule has 5 heteroatoms. The Morgan fingerprint density at radius 1 is 0.872 bits per heavy atom. The fraction of sp³-hybridized carbons (Fsp3) is 0.333. The minimum Gasteiger partial charge on any atom is -0.512 e. The van der Waals surface area contributed by atoms with Crippen molar-refractivity contribution in [2.45, 2.75) is 79.6 Å². The third kappa shape index (κ3) is 7.81. The second-order valence-corrected chi connectivity index (χ2v) is 15.4. The van der Waals surface area contributed by atoms with Crippen molar-refractivity contribution in [1.29, 1.82) is 0 Å². The smallest absolute Gasteiger partial charge is 0.162 e. The summed E-state index contributed by atoms with van der Waals surface area (Å²) < 4.78 is 2.81. The second-order valence-electron chi connectivity index (χ2n) is 13.2. The molecule has 0 aliphatic carbocycles. The maximum absolute atomic E-state index is 11.7. The number of hydrogen-bond donors (Lipinski definition) is 1. The van der Waals surface area contributed by atoms with Crippen LogP contribution < -0.4 is 8.92 Å². The summed E-state index contributed by atoms with van der Waals surface area (Å²) in [5.74, 6) is 0.547. The van der Waals surface area contributed by atoms with Gasteiger partial charge in [-0.05, 0) is 25.7 Å². The quantitative estimate of drug-likeness (QED) is 0.0718. The molecule has 0 atom stereocenters. The molecule has 0 fully saturated rings. The molecular weight excluding hydrogens is 822 g/mol. The predicted octanol–water partition coefficient (Wildman–Crippen LogP) is 9.66. The van der Waals surface area contributed by atoms with Crippen LogP contribution in [0.4, 0.5) is 0 Å². The van der Waals surface area contributed by atoms with E-state index < -0.39 is 0 Å². The van der Waals surface area contributed by atoms with Gasteiger partial charge >= 0.3 is 190 Å². The van der Waals surface area contributed by atoms with Crippen LogP contribution in [-0.4, -0.2) is 30.8 Å². The van der Waals surface area contributed by atoms with Gasteiger partial charge in [-0.15, -0.1) is 0 Å². The van der Waals surface area contributed by atoms with Crippen molar-refractivity contribution in [1.82, 2.24) is 4.98 Å². The minimum atomic E-state index is 0. The van der Waals surface area contributed by atoms with Crippen molar-refractivity contribution in [3.8, 4) is 22.4 Å². The Hall–Kier alpha value is -3.07. The van der Waals surface area contributed by atoms with Gasteiger partial charge in [0.1, 0.15) is 0 Å². The van der Waals surface area contributed by atoms with Crippen molar-refractivity contribution >= 4 is 51.2 Å². The monoisotopic (exact) mass is 869 g/mol. The van der Waals surface area contributed by atoms with Crippen LogP contribution in [-0.2, 0) is 30.3 Å². The number of rotatable bonds is 8. The molecule has 0 saturated carbocycles. The number of allylic oxidation sites excluding steroid dienone is 2. The summed E-state index contributed by atoms with van der Waals surface area (Å²) in [4.78, 5) is 16.6. The molecule has 247 valence electrons. The Balaban J connectivity index is 0.000000269. The molecule has 0 saturated heterocycles. The van der Waals surface area contributed by atoms with E-state index in [2.05, 4.69) is 99.6 Å². The number of aliphatic hydroxyl groups is 1. The number of carbonyl (C=O) groups excluding carboxylic acids is 1. The fourth-order valence-corrected chi connectivity index (χ4v) is 9.05. The molecule has 3 nitrogen and oxygen atoms in total. The summed E-state index contributed by atoms with van der Waals surface area (Å²) in [5, 5.41) is 14.9. The fourth-order valence-electron chi connectivity index (χ4n) is 6.44. The number of aromatic nitrogens is 1. The Kier molecular flexibility index (Phi) is 12.4. The van der Waals surface area contributed by atoms with Gasteiger partial charge in [-0.25, -0.2) is 0 Å². The molecular formula is C42H46IrNO2Se-.